The van der Waals surface area contributed by atoms with Gasteiger partial charge in [-0.15, -0.1) is 0 Å². The molecule has 8 nitrogen and oxygen atoms in total. The van der Waals surface area contributed by atoms with E-state index in [1.54, 1.807) is 20.3 Å². The molecule has 0 radical (unpaired) electrons. The number of carbonyl (C=O) groups excluding carboxylic acids is 1. The maximum Gasteiger partial charge on any atom is 0.270 e. The molecule has 1 aromatic heterocycles. The largest absolute Gasteiger partial charge is 0.493 e. The molecule has 1 aliphatic heterocycles. The van der Waals surface area contributed by atoms with Crippen molar-refractivity contribution in [1.82, 2.24) is 20.2 Å². The molecule has 8 heteroatoms. The first-order chi connectivity index (χ1) is 13.9. The Bertz CT molecular complexity index is 885. The fraction of sp³-hybridized carbons (Fsp3) is 0.476. The zero-order valence-electron chi connectivity index (χ0n) is 17.8. The third kappa shape index (κ3) is 4.95. The molecule has 1 aromatic carbocycles. The Morgan fingerprint density at radius 3 is 2.48 bits per heavy atom. The van der Waals surface area contributed by atoms with Crippen LogP contribution in [0.5, 0.6) is 11.5 Å². The average Bonchev–Trinajstić information content (AvgIpc) is 2.71. The lowest BCUT2D eigenvalue weighted by molar-refractivity contribution is 0.0946. The molecule has 2 aromatic rings. The number of carbonyl (C=O) groups is 1. The molecular weight excluding hydrogens is 370 g/mol. The smallest absolute Gasteiger partial charge is 0.270 e. The van der Waals surface area contributed by atoms with E-state index in [1.807, 2.05) is 38.1 Å². The summed E-state index contributed by atoms with van der Waals surface area (Å²) in [6.45, 7) is 4.65. The normalized spacial score (nSPS) is 13.2. The van der Waals surface area contributed by atoms with Crippen molar-refractivity contribution in [3.63, 3.8) is 0 Å². The van der Waals surface area contributed by atoms with Crippen LogP contribution < -0.4 is 19.7 Å². The number of ether oxygens (including phenoxy) is 2. The molecular formula is C21H29N5O3. The standard InChI is InChI=1S/C21H29N5O3/c1-14-10-17(20(27)22-7-9-25(2)3)24-21(23-14)26-8-6-15-11-18(28-4)19(29-5)12-16(15)13-26/h10-12H,6-9,13H2,1-5H3,(H,22,27). The zero-order chi connectivity index (χ0) is 21.0. The summed E-state index contributed by atoms with van der Waals surface area (Å²) in [5.41, 5.74) is 3.54. The van der Waals surface area contributed by atoms with Crippen LogP contribution in [0.3, 0.4) is 0 Å². The summed E-state index contributed by atoms with van der Waals surface area (Å²) >= 11 is 0. The second-order valence-corrected chi connectivity index (χ2v) is 7.40. The molecule has 3 rings (SSSR count). The van der Waals surface area contributed by atoms with Crippen LogP contribution in [0, 0.1) is 6.92 Å². The highest BCUT2D eigenvalue weighted by Gasteiger charge is 2.22. The molecule has 1 aliphatic rings. The summed E-state index contributed by atoms with van der Waals surface area (Å²) in [6, 6.07) is 5.76. The Morgan fingerprint density at radius 2 is 1.83 bits per heavy atom. The highest BCUT2D eigenvalue weighted by Crippen LogP contribution is 2.33. The van der Waals surface area contributed by atoms with Gasteiger partial charge in [0.1, 0.15) is 5.69 Å². The number of rotatable bonds is 7. The van der Waals surface area contributed by atoms with E-state index in [9.17, 15) is 4.79 Å². The Labute approximate surface area is 171 Å². The van der Waals surface area contributed by atoms with Gasteiger partial charge in [0.25, 0.3) is 5.91 Å². The molecule has 1 N–H and O–H groups in total. The number of hydrogen-bond donors (Lipinski definition) is 1. The van der Waals surface area contributed by atoms with Gasteiger partial charge in [-0.1, -0.05) is 0 Å². The van der Waals surface area contributed by atoms with Crippen molar-refractivity contribution < 1.29 is 14.3 Å². The van der Waals surface area contributed by atoms with Crippen molar-refractivity contribution in [1.29, 1.82) is 0 Å². The lowest BCUT2D eigenvalue weighted by atomic mass is 9.99. The topological polar surface area (TPSA) is 79.8 Å². The second kappa shape index (κ2) is 9.09. The van der Waals surface area contributed by atoms with Crippen molar-refractivity contribution in [3.8, 4) is 11.5 Å². The van der Waals surface area contributed by atoms with Gasteiger partial charge in [0.05, 0.1) is 14.2 Å². The van der Waals surface area contributed by atoms with Gasteiger partial charge in [0, 0.05) is 31.9 Å². The van der Waals surface area contributed by atoms with Crippen LogP contribution in [-0.2, 0) is 13.0 Å². The molecule has 0 saturated carbocycles. The Balaban J connectivity index is 1.79. The van der Waals surface area contributed by atoms with Crippen molar-refractivity contribution in [2.24, 2.45) is 0 Å². The predicted molar refractivity (Wildman–Crippen MR) is 112 cm³/mol. The van der Waals surface area contributed by atoms with Crippen molar-refractivity contribution in [3.05, 3.63) is 40.7 Å². The number of anilines is 1. The third-order valence-corrected chi connectivity index (χ3v) is 4.92. The van der Waals surface area contributed by atoms with E-state index in [0.29, 0.717) is 30.5 Å². The minimum Gasteiger partial charge on any atom is -0.493 e. The number of likely N-dealkylation sites (N-methyl/N-ethyl adjacent to an activating group) is 1. The number of nitrogens with zero attached hydrogens (tertiary/aromatic N) is 4. The second-order valence-electron chi connectivity index (χ2n) is 7.40. The highest BCUT2D eigenvalue weighted by atomic mass is 16.5. The first kappa shape index (κ1) is 20.9. The molecule has 0 aliphatic carbocycles. The van der Waals surface area contributed by atoms with Crippen molar-refractivity contribution in [2.45, 2.75) is 19.9 Å². The molecule has 0 atom stereocenters. The highest BCUT2D eigenvalue weighted by molar-refractivity contribution is 5.92. The maximum absolute atomic E-state index is 12.5. The fourth-order valence-corrected chi connectivity index (χ4v) is 3.35. The molecule has 0 spiro atoms. The van der Waals surface area contributed by atoms with Crippen LogP contribution in [-0.4, -0.2) is 68.7 Å². The number of nitrogens with one attached hydrogen (secondary N) is 1. The Kier molecular flexibility index (Phi) is 6.53. The summed E-state index contributed by atoms with van der Waals surface area (Å²) in [5.74, 6) is 1.84. The minimum atomic E-state index is -0.178. The number of methoxy groups -OCH3 is 2. The van der Waals surface area contributed by atoms with Gasteiger partial charge in [-0.2, -0.15) is 0 Å². The fourth-order valence-electron chi connectivity index (χ4n) is 3.35. The number of aromatic nitrogens is 2. The van der Waals surface area contributed by atoms with Gasteiger partial charge in [-0.05, 0) is 56.8 Å². The van der Waals surface area contributed by atoms with E-state index in [0.717, 1.165) is 36.5 Å². The lowest BCUT2D eigenvalue weighted by Gasteiger charge is -2.30. The van der Waals surface area contributed by atoms with Gasteiger partial charge < -0.3 is 24.6 Å². The molecule has 156 valence electrons. The summed E-state index contributed by atoms with van der Waals surface area (Å²) in [6.07, 6.45) is 0.845. The number of benzene rings is 1. The SMILES string of the molecule is COc1cc2c(cc1OC)CN(c1nc(C)cc(C(=O)NCCN(C)C)n1)CC2. The van der Waals surface area contributed by atoms with E-state index >= 15 is 0 Å². The van der Waals surface area contributed by atoms with Crippen LogP contribution in [0.25, 0.3) is 0 Å². The molecule has 0 bridgehead atoms. The minimum absolute atomic E-state index is 0.178. The summed E-state index contributed by atoms with van der Waals surface area (Å²) in [7, 11) is 7.22. The number of amides is 1. The quantitative estimate of drug-likeness (QED) is 0.758. The molecule has 29 heavy (non-hydrogen) atoms. The van der Waals surface area contributed by atoms with Gasteiger partial charge >= 0.3 is 0 Å². The number of fused-ring (bicyclic) bond motifs is 1. The Hall–Kier alpha value is -2.87. The predicted octanol–water partition coefficient (Wildman–Crippen LogP) is 1.66. The van der Waals surface area contributed by atoms with Crippen LogP contribution in [0.2, 0.25) is 0 Å². The molecule has 0 unspecified atom stereocenters. The maximum atomic E-state index is 12.5. The van der Waals surface area contributed by atoms with Gasteiger partial charge in [0.15, 0.2) is 11.5 Å². The summed E-state index contributed by atoms with van der Waals surface area (Å²) < 4.78 is 10.8. The van der Waals surface area contributed by atoms with E-state index in [-0.39, 0.29) is 5.91 Å². The van der Waals surface area contributed by atoms with E-state index in [2.05, 4.69) is 20.2 Å². The van der Waals surface area contributed by atoms with Crippen LogP contribution in [0.15, 0.2) is 18.2 Å². The van der Waals surface area contributed by atoms with Gasteiger partial charge in [-0.25, -0.2) is 9.97 Å². The van der Waals surface area contributed by atoms with Gasteiger partial charge in [0.2, 0.25) is 5.95 Å². The molecule has 0 fully saturated rings. The van der Waals surface area contributed by atoms with Crippen LogP contribution >= 0.6 is 0 Å². The average molecular weight is 399 g/mol. The van der Waals surface area contributed by atoms with E-state index in [1.165, 1.54) is 5.56 Å². The Morgan fingerprint density at radius 1 is 1.14 bits per heavy atom. The first-order valence-electron chi connectivity index (χ1n) is 9.68. The molecule has 0 saturated heterocycles. The number of hydrogen-bond acceptors (Lipinski definition) is 7. The zero-order valence-corrected chi connectivity index (χ0v) is 17.8. The number of aryl methyl sites for hydroxylation is 1. The summed E-state index contributed by atoms with van der Waals surface area (Å²) in [5, 5.41) is 2.91. The van der Waals surface area contributed by atoms with Crippen molar-refractivity contribution >= 4 is 11.9 Å². The van der Waals surface area contributed by atoms with Crippen LogP contribution in [0.4, 0.5) is 5.95 Å². The van der Waals surface area contributed by atoms with Crippen LogP contribution in [0.1, 0.15) is 27.3 Å². The molecule has 2 heterocycles. The first-order valence-corrected chi connectivity index (χ1v) is 9.68. The van der Waals surface area contributed by atoms with E-state index < -0.39 is 0 Å². The summed E-state index contributed by atoms with van der Waals surface area (Å²) in [4.78, 5) is 25.7. The lowest BCUT2D eigenvalue weighted by Crippen LogP contribution is -2.34. The van der Waals surface area contributed by atoms with E-state index in [4.69, 9.17) is 9.47 Å². The van der Waals surface area contributed by atoms with Gasteiger partial charge in [-0.3, -0.25) is 4.79 Å². The monoisotopic (exact) mass is 399 g/mol. The molecule has 1 amide bonds. The van der Waals surface area contributed by atoms with Crippen molar-refractivity contribution in [2.75, 3.05) is 52.8 Å². The third-order valence-electron chi connectivity index (χ3n) is 4.92.